The number of halogens is 4. The number of carbonyl (C=O) groups is 2. The molecule has 1 aromatic rings. The minimum Gasteiger partial charge on any atom is -0.475 e. The van der Waals surface area contributed by atoms with Gasteiger partial charge in [0.25, 0.3) is 0 Å². The van der Waals surface area contributed by atoms with Gasteiger partial charge in [-0.25, -0.2) is 9.78 Å². The predicted octanol–water partition coefficient (Wildman–Crippen LogP) is 3.85. The molecule has 0 aromatic carbocycles. The van der Waals surface area contributed by atoms with E-state index in [1.807, 2.05) is 19.2 Å². The summed E-state index contributed by atoms with van der Waals surface area (Å²) in [6.07, 6.45) is 4.29. The Morgan fingerprint density at radius 3 is 2.56 bits per heavy atom. The topological polar surface area (TPSA) is 91.8 Å². The van der Waals surface area contributed by atoms with Crippen molar-refractivity contribution in [3.63, 3.8) is 0 Å². The number of alkyl halides is 3. The number of carboxylic acid groups (broad SMARTS) is 1. The molecule has 11 heteroatoms. The van der Waals surface area contributed by atoms with Crippen LogP contribution in [0, 0.1) is 0 Å². The second-order valence-electron chi connectivity index (χ2n) is 7.33. The first-order valence-electron chi connectivity index (χ1n) is 10.1. The SMILES string of the molecule is C=CCCCCN(C)C(=O)[C@H](Cc1cc(Cl)cnc1OC1CC1)NC.O=C(O)C(F)(F)F. The summed E-state index contributed by atoms with van der Waals surface area (Å²) in [5, 5.41) is 10.8. The average Bonchev–Trinajstić information content (AvgIpc) is 3.54. The van der Waals surface area contributed by atoms with Crippen LogP contribution in [0.2, 0.25) is 5.02 Å². The molecular weight excluding hydrogens is 451 g/mol. The number of likely N-dealkylation sites (N-methyl/N-ethyl adjacent to an activating group) is 2. The molecule has 1 heterocycles. The van der Waals surface area contributed by atoms with Crippen LogP contribution >= 0.6 is 11.6 Å². The largest absolute Gasteiger partial charge is 0.490 e. The van der Waals surface area contributed by atoms with E-state index in [0.29, 0.717) is 17.3 Å². The molecule has 0 radical (unpaired) electrons. The third kappa shape index (κ3) is 10.3. The monoisotopic (exact) mass is 479 g/mol. The smallest absolute Gasteiger partial charge is 0.475 e. The highest BCUT2D eigenvalue weighted by Gasteiger charge is 2.38. The number of allylic oxidation sites excluding steroid dienone is 1. The standard InChI is InChI=1S/C19H28ClN3O2.C2HF3O2/c1-4-5-6-7-10-23(3)19(24)17(21-2)12-14-11-15(20)13-22-18(14)25-16-8-9-16;3-2(4,5)1(6)7/h4,11,13,16-17,21H,1,5-10,12H2,2-3H3;(H,6,7)/t17-;/m0./s1. The van der Waals surface area contributed by atoms with E-state index in [0.717, 1.165) is 44.2 Å². The Labute approximate surface area is 190 Å². The van der Waals surface area contributed by atoms with E-state index >= 15 is 0 Å². The number of rotatable bonds is 11. The van der Waals surface area contributed by atoms with E-state index in [1.165, 1.54) is 0 Å². The van der Waals surface area contributed by atoms with E-state index < -0.39 is 12.1 Å². The van der Waals surface area contributed by atoms with Gasteiger partial charge in [0.05, 0.1) is 11.1 Å². The molecule has 1 saturated carbocycles. The summed E-state index contributed by atoms with van der Waals surface area (Å²) in [6, 6.07) is 1.51. The molecule has 1 aliphatic rings. The van der Waals surface area contributed by atoms with Crippen LogP contribution in [-0.2, 0) is 16.0 Å². The number of aliphatic carboxylic acids is 1. The number of unbranched alkanes of at least 4 members (excludes halogenated alkanes) is 2. The van der Waals surface area contributed by atoms with Gasteiger partial charge in [0.2, 0.25) is 11.8 Å². The van der Waals surface area contributed by atoms with Crippen LogP contribution in [0.1, 0.15) is 37.7 Å². The van der Waals surface area contributed by atoms with Crippen molar-refractivity contribution < 1.29 is 32.6 Å². The Bertz CT molecular complexity index is 773. The minimum absolute atomic E-state index is 0.0680. The molecule has 0 unspecified atom stereocenters. The Balaban J connectivity index is 0.000000633. The van der Waals surface area contributed by atoms with Crippen molar-refractivity contribution in [3.05, 3.63) is 35.5 Å². The van der Waals surface area contributed by atoms with Crippen molar-refractivity contribution in [1.82, 2.24) is 15.2 Å². The molecule has 7 nitrogen and oxygen atoms in total. The van der Waals surface area contributed by atoms with E-state index in [9.17, 15) is 18.0 Å². The van der Waals surface area contributed by atoms with Crippen LogP contribution in [0.5, 0.6) is 5.88 Å². The summed E-state index contributed by atoms with van der Waals surface area (Å²) in [6.45, 7) is 4.46. The molecule has 2 N–H and O–H groups in total. The lowest BCUT2D eigenvalue weighted by molar-refractivity contribution is -0.192. The predicted molar refractivity (Wildman–Crippen MR) is 115 cm³/mol. The molecular formula is C21H29ClF3N3O4. The lowest BCUT2D eigenvalue weighted by Gasteiger charge is -2.24. The zero-order valence-electron chi connectivity index (χ0n) is 18.1. The van der Waals surface area contributed by atoms with Crippen molar-refractivity contribution in [3.8, 4) is 5.88 Å². The highest BCUT2D eigenvalue weighted by Crippen LogP contribution is 2.29. The zero-order valence-corrected chi connectivity index (χ0v) is 18.9. The molecule has 1 amide bonds. The van der Waals surface area contributed by atoms with Gasteiger partial charge in [-0.2, -0.15) is 13.2 Å². The Hall–Kier alpha value is -2.33. The number of nitrogens with one attached hydrogen (secondary N) is 1. The van der Waals surface area contributed by atoms with Crippen molar-refractivity contribution in [2.45, 2.75) is 56.8 Å². The first-order chi connectivity index (χ1) is 15.0. The maximum absolute atomic E-state index is 12.7. The molecule has 0 saturated heterocycles. The fourth-order valence-electron chi connectivity index (χ4n) is 2.61. The molecule has 1 fully saturated rings. The van der Waals surface area contributed by atoms with Crippen LogP contribution in [0.4, 0.5) is 13.2 Å². The highest BCUT2D eigenvalue weighted by atomic mass is 35.5. The maximum Gasteiger partial charge on any atom is 0.490 e. The average molecular weight is 480 g/mol. The fraction of sp³-hybridized carbons (Fsp3) is 0.571. The van der Waals surface area contributed by atoms with Crippen molar-refractivity contribution in [2.24, 2.45) is 0 Å². The minimum atomic E-state index is -5.08. The van der Waals surface area contributed by atoms with Gasteiger partial charge in [0.15, 0.2) is 0 Å². The Kier molecular flexibility index (Phi) is 11.5. The van der Waals surface area contributed by atoms with Crippen molar-refractivity contribution in [2.75, 3.05) is 20.6 Å². The van der Waals surface area contributed by atoms with Crippen LogP contribution < -0.4 is 10.1 Å². The Morgan fingerprint density at radius 2 is 2.06 bits per heavy atom. The van der Waals surface area contributed by atoms with Crippen molar-refractivity contribution >= 4 is 23.5 Å². The Morgan fingerprint density at radius 1 is 1.44 bits per heavy atom. The molecule has 32 heavy (non-hydrogen) atoms. The third-order valence-corrected chi connectivity index (χ3v) is 4.74. The molecule has 0 spiro atoms. The molecule has 1 atom stereocenters. The second kappa shape index (κ2) is 13.3. The van der Waals surface area contributed by atoms with Gasteiger partial charge in [-0.1, -0.05) is 17.7 Å². The molecule has 0 aliphatic heterocycles. The summed E-state index contributed by atoms with van der Waals surface area (Å²) in [5.41, 5.74) is 0.868. The molecule has 1 aromatic heterocycles. The van der Waals surface area contributed by atoms with Crippen LogP contribution in [0.3, 0.4) is 0 Å². The van der Waals surface area contributed by atoms with Crippen LogP contribution in [0.15, 0.2) is 24.9 Å². The molecule has 0 bridgehead atoms. The number of nitrogens with zero attached hydrogens (tertiary/aromatic N) is 2. The summed E-state index contributed by atoms with van der Waals surface area (Å²) in [4.78, 5) is 27.7. The van der Waals surface area contributed by atoms with Crippen LogP contribution in [-0.4, -0.2) is 65.8 Å². The quantitative estimate of drug-likeness (QED) is 0.370. The van der Waals surface area contributed by atoms with Gasteiger partial charge in [0.1, 0.15) is 6.10 Å². The van der Waals surface area contributed by atoms with Gasteiger partial charge in [-0.05, 0) is 45.2 Å². The maximum atomic E-state index is 12.7. The van der Waals surface area contributed by atoms with E-state index in [-0.39, 0.29) is 18.1 Å². The zero-order chi connectivity index (χ0) is 24.3. The number of amides is 1. The van der Waals surface area contributed by atoms with Crippen LogP contribution in [0.25, 0.3) is 0 Å². The summed E-state index contributed by atoms with van der Waals surface area (Å²) in [7, 11) is 3.64. The van der Waals surface area contributed by atoms with Gasteiger partial charge in [-0.3, -0.25) is 4.79 Å². The first-order valence-corrected chi connectivity index (χ1v) is 10.5. The van der Waals surface area contributed by atoms with Crippen molar-refractivity contribution in [1.29, 1.82) is 0 Å². The number of pyridine rings is 1. The lowest BCUT2D eigenvalue weighted by atomic mass is 10.1. The van der Waals surface area contributed by atoms with Gasteiger partial charge in [0, 0.05) is 31.8 Å². The number of aromatic nitrogens is 1. The summed E-state index contributed by atoms with van der Waals surface area (Å²) >= 11 is 6.09. The van der Waals surface area contributed by atoms with Gasteiger partial charge < -0.3 is 20.1 Å². The van der Waals surface area contributed by atoms with E-state index in [1.54, 1.807) is 18.1 Å². The summed E-state index contributed by atoms with van der Waals surface area (Å²) < 4.78 is 37.6. The van der Waals surface area contributed by atoms with E-state index in [2.05, 4.69) is 16.9 Å². The highest BCUT2D eigenvalue weighted by molar-refractivity contribution is 6.30. The molecule has 2 rings (SSSR count). The fourth-order valence-corrected chi connectivity index (χ4v) is 2.79. The van der Waals surface area contributed by atoms with Gasteiger partial charge >= 0.3 is 12.1 Å². The number of hydrogen-bond acceptors (Lipinski definition) is 5. The third-order valence-electron chi connectivity index (χ3n) is 4.54. The van der Waals surface area contributed by atoms with E-state index in [4.69, 9.17) is 26.2 Å². The number of ether oxygens (including phenoxy) is 1. The van der Waals surface area contributed by atoms with Gasteiger partial charge in [-0.15, -0.1) is 6.58 Å². The molecule has 1 aliphatic carbocycles. The second-order valence-corrected chi connectivity index (χ2v) is 7.76. The normalized spacial score (nSPS) is 14.1. The number of hydrogen-bond donors (Lipinski definition) is 2. The number of carboxylic acids is 1. The first kappa shape index (κ1) is 27.7. The lowest BCUT2D eigenvalue weighted by Crippen LogP contribution is -2.45. The molecule has 180 valence electrons. The summed E-state index contributed by atoms with van der Waals surface area (Å²) in [5.74, 6) is -2.10. The number of carbonyl (C=O) groups excluding carboxylic acids is 1.